The molecule has 70 valence electrons. The Morgan fingerprint density at radius 1 is 1.67 bits per heavy atom. The van der Waals surface area contributed by atoms with Gasteiger partial charge in [0.1, 0.15) is 0 Å². The van der Waals surface area contributed by atoms with Gasteiger partial charge in [0.15, 0.2) is 0 Å². The van der Waals surface area contributed by atoms with Gasteiger partial charge < -0.3 is 10.6 Å². The molecule has 12 heavy (non-hydrogen) atoms. The number of carbonyl (C=O) groups is 1. The van der Waals surface area contributed by atoms with Gasteiger partial charge in [0.25, 0.3) is 0 Å². The van der Waals surface area contributed by atoms with Gasteiger partial charge in [-0.25, -0.2) is 0 Å². The second kappa shape index (κ2) is 4.45. The summed E-state index contributed by atoms with van der Waals surface area (Å²) >= 11 is 0. The van der Waals surface area contributed by atoms with E-state index < -0.39 is 0 Å². The third-order valence-electron chi connectivity index (χ3n) is 2.43. The van der Waals surface area contributed by atoms with Crippen molar-refractivity contribution in [1.82, 2.24) is 4.90 Å². The quantitative estimate of drug-likeness (QED) is 0.674. The maximum atomic E-state index is 11.5. The van der Waals surface area contributed by atoms with E-state index in [1.165, 1.54) is 0 Å². The number of amides is 1. The molecule has 0 aromatic heterocycles. The van der Waals surface area contributed by atoms with Gasteiger partial charge in [0, 0.05) is 19.0 Å². The predicted octanol–water partition coefficient (Wildman–Crippen LogP) is 0.594. The first-order chi connectivity index (χ1) is 5.75. The maximum absolute atomic E-state index is 11.5. The van der Waals surface area contributed by atoms with Crippen LogP contribution < -0.4 is 5.73 Å². The van der Waals surface area contributed by atoms with Crippen molar-refractivity contribution in [3.63, 3.8) is 0 Å². The summed E-state index contributed by atoms with van der Waals surface area (Å²) in [6.45, 7) is 4.47. The molecule has 1 heterocycles. The van der Waals surface area contributed by atoms with Gasteiger partial charge in [-0.3, -0.25) is 4.79 Å². The minimum atomic E-state index is 0.233. The minimum Gasteiger partial charge on any atom is -0.342 e. The average Bonchev–Trinajstić information content (AvgIpc) is 2.08. The van der Waals surface area contributed by atoms with Crippen molar-refractivity contribution in [2.24, 2.45) is 11.7 Å². The van der Waals surface area contributed by atoms with E-state index in [1.807, 2.05) is 11.8 Å². The molecule has 0 aromatic carbocycles. The number of nitrogens with two attached hydrogens (primary N) is 1. The first-order valence-electron chi connectivity index (χ1n) is 4.74. The summed E-state index contributed by atoms with van der Waals surface area (Å²) in [5.74, 6) is 0.547. The molecule has 1 fully saturated rings. The van der Waals surface area contributed by atoms with Gasteiger partial charge in [0.2, 0.25) is 5.91 Å². The van der Waals surface area contributed by atoms with Crippen LogP contribution in [0.25, 0.3) is 0 Å². The zero-order valence-corrected chi connectivity index (χ0v) is 7.75. The zero-order chi connectivity index (χ0) is 8.97. The second-order valence-corrected chi connectivity index (χ2v) is 3.51. The molecule has 1 aliphatic heterocycles. The molecular formula is C9H18N2O. The van der Waals surface area contributed by atoms with Crippen LogP contribution in [0.2, 0.25) is 0 Å². The molecule has 3 heteroatoms. The summed E-state index contributed by atoms with van der Waals surface area (Å²) < 4.78 is 0. The lowest BCUT2D eigenvalue weighted by atomic mass is 9.99. The third-order valence-corrected chi connectivity index (χ3v) is 2.43. The fraction of sp³-hybridized carbons (Fsp3) is 0.889. The zero-order valence-electron chi connectivity index (χ0n) is 7.75. The van der Waals surface area contributed by atoms with Crippen molar-refractivity contribution in [2.45, 2.75) is 26.2 Å². The second-order valence-electron chi connectivity index (χ2n) is 3.51. The smallest absolute Gasteiger partial charge is 0.225 e. The SMILES string of the molecule is CC1CCCN(CCCN)C1=O. The van der Waals surface area contributed by atoms with Gasteiger partial charge in [0.05, 0.1) is 0 Å². The largest absolute Gasteiger partial charge is 0.342 e. The highest BCUT2D eigenvalue weighted by atomic mass is 16.2. The number of rotatable bonds is 3. The Morgan fingerprint density at radius 3 is 3.08 bits per heavy atom. The van der Waals surface area contributed by atoms with E-state index in [-0.39, 0.29) is 5.92 Å². The van der Waals surface area contributed by atoms with Gasteiger partial charge in [-0.15, -0.1) is 0 Å². The van der Waals surface area contributed by atoms with E-state index in [0.717, 1.165) is 32.4 Å². The molecule has 0 aromatic rings. The number of hydrogen-bond acceptors (Lipinski definition) is 2. The summed E-state index contributed by atoms with van der Waals surface area (Å²) in [6, 6.07) is 0. The summed E-state index contributed by atoms with van der Waals surface area (Å²) in [4.78, 5) is 13.5. The molecule has 0 saturated carbocycles. The van der Waals surface area contributed by atoms with Crippen LogP contribution in [-0.2, 0) is 4.79 Å². The highest BCUT2D eigenvalue weighted by Gasteiger charge is 2.23. The molecule has 1 amide bonds. The van der Waals surface area contributed by atoms with Crippen LogP contribution in [0.4, 0.5) is 0 Å². The van der Waals surface area contributed by atoms with Gasteiger partial charge in [-0.05, 0) is 25.8 Å². The van der Waals surface area contributed by atoms with Crippen LogP contribution in [0.3, 0.4) is 0 Å². The van der Waals surface area contributed by atoms with Crippen molar-refractivity contribution in [3.05, 3.63) is 0 Å². The van der Waals surface area contributed by atoms with Crippen molar-refractivity contribution in [2.75, 3.05) is 19.6 Å². The van der Waals surface area contributed by atoms with E-state index in [9.17, 15) is 4.79 Å². The molecular weight excluding hydrogens is 152 g/mol. The van der Waals surface area contributed by atoms with Crippen molar-refractivity contribution >= 4 is 5.91 Å². The molecule has 1 aliphatic rings. The fourth-order valence-electron chi connectivity index (χ4n) is 1.64. The van der Waals surface area contributed by atoms with E-state index in [2.05, 4.69) is 0 Å². The normalized spacial score (nSPS) is 24.7. The van der Waals surface area contributed by atoms with Crippen LogP contribution in [0.15, 0.2) is 0 Å². The topological polar surface area (TPSA) is 46.3 Å². The first kappa shape index (κ1) is 9.52. The predicted molar refractivity (Wildman–Crippen MR) is 48.6 cm³/mol. The van der Waals surface area contributed by atoms with Crippen molar-refractivity contribution in [3.8, 4) is 0 Å². The Bertz CT molecular complexity index is 159. The van der Waals surface area contributed by atoms with E-state index in [0.29, 0.717) is 12.5 Å². The van der Waals surface area contributed by atoms with Crippen LogP contribution in [-0.4, -0.2) is 30.4 Å². The number of hydrogen-bond donors (Lipinski definition) is 1. The molecule has 2 N–H and O–H groups in total. The summed E-state index contributed by atoms with van der Waals surface area (Å²) in [5, 5.41) is 0. The lowest BCUT2D eigenvalue weighted by molar-refractivity contribution is -0.137. The first-order valence-corrected chi connectivity index (χ1v) is 4.74. The maximum Gasteiger partial charge on any atom is 0.225 e. The van der Waals surface area contributed by atoms with Crippen molar-refractivity contribution < 1.29 is 4.79 Å². The molecule has 1 saturated heterocycles. The van der Waals surface area contributed by atoms with E-state index >= 15 is 0 Å². The molecule has 0 radical (unpaired) electrons. The van der Waals surface area contributed by atoms with Crippen molar-refractivity contribution in [1.29, 1.82) is 0 Å². The Kier molecular flexibility index (Phi) is 3.53. The molecule has 1 unspecified atom stereocenters. The summed E-state index contributed by atoms with van der Waals surface area (Å²) in [6.07, 6.45) is 3.13. The van der Waals surface area contributed by atoms with Crippen LogP contribution >= 0.6 is 0 Å². The molecule has 1 atom stereocenters. The standard InChI is InChI=1S/C9H18N2O/c1-8-4-2-6-11(9(8)12)7-3-5-10/h8H,2-7,10H2,1H3. The Labute approximate surface area is 73.9 Å². The molecule has 0 spiro atoms. The average molecular weight is 170 g/mol. The minimum absolute atomic E-state index is 0.233. The van der Waals surface area contributed by atoms with Crippen LogP contribution in [0.5, 0.6) is 0 Å². The Balaban J connectivity index is 2.36. The number of carbonyl (C=O) groups excluding carboxylic acids is 1. The van der Waals surface area contributed by atoms with Crippen LogP contribution in [0.1, 0.15) is 26.2 Å². The lowest BCUT2D eigenvalue weighted by Gasteiger charge is -2.30. The Hall–Kier alpha value is -0.570. The molecule has 3 nitrogen and oxygen atoms in total. The van der Waals surface area contributed by atoms with E-state index in [4.69, 9.17) is 5.73 Å². The molecule has 0 aliphatic carbocycles. The fourth-order valence-corrected chi connectivity index (χ4v) is 1.64. The van der Waals surface area contributed by atoms with Gasteiger partial charge in [-0.2, -0.15) is 0 Å². The monoisotopic (exact) mass is 170 g/mol. The van der Waals surface area contributed by atoms with Gasteiger partial charge >= 0.3 is 0 Å². The summed E-state index contributed by atoms with van der Waals surface area (Å²) in [5.41, 5.74) is 5.39. The molecule has 0 bridgehead atoms. The molecule has 1 rings (SSSR count). The number of piperidine rings is 1. The Morgan fingerprint density at radius 2 is 2.42 bits per heavy atom. The highest BCUT2D eigenvalue weighted by molar-refractivity contribution is 5.79. The van der Waals surface area contributed by atoms with Gasteiger partial charge in [-0.1, -0.05) is 6.92 Å². The number of likely N-dealkylation sites (tertiary alicyclic amines) is 1. The van der Waals surface area contributed by atoms with Crippen LogP contribution in [0, 0.1) is 5.92 Å². The lowest BCUT2D eigenvalue weighted by Crippen LogP contribution is -2.41. The third kappa shape index (κ3) is 2.21. The number of nitrogens with zero attached hydrogens (tertiary/aromatic N) is 1. The summed E-state index contributed by atoms with van der Waals surface area (Å²) in [7, 11) is 0. The highest BCUT2D eigenvalue weighted by Crippen LogP contribution is 2.16. The van der Waals surface area contributed by atoms with E-state index in [1.54, 1.807) is 0 Å².